The van der Waals surface area contributed by atoms with E-state index in [2.05, 4.69) is 9.97 Å². The smallest absolute Gasteiger partial charge is 0.326 e. The van der Waals surface area contributed by atoms with Crippen LogP contribution in [0.15, 0.2) is 42.7 Å². The van der Waals surface area contributed by atoms with Gasteiger partial charge in [-0.25, -0.2) is 14.4 Å². The van der Waals surface area contributed by atoms with Gasteiger partial charge in [-0.3, -0.25) is 9.59 Å². The number of anilines is 2. The van der Waals surface area contributed by atoms with E-state index < -0.39 is 5.97 Å². The molecule has 0 radical (unpaired) electrons. The molecule has 0 N–H and O–H groups in total. The Hall–Kier alpha value is -3.23. The van der Waals surface area contributed by atoms with Crippen LogP contribution in [0.25, 0.3) is 0 Å². The van der Waals surface area contributed by atoms with Crippen molar-refractivity contribution in [2.45, 2.75) is 0 Å². The number of hydrogen-bond donors (Lipinski definition) is 0. The highest BCUT2D eigenvalue weighted by molar-refractivity contribution is 5.82. The minimum absolute atomic E-state index is 0.0572. The third kappa shape index (κ3) is 4.93. The summed E-state index contributed by atoms with van der Waals surface area (Å²) in [7, 11) is 1.67. The fourth-order valence-electron chi connectivity index (χ4n) is 2.94. The van der Waals surface area contributed by atoms with Crippen molar-refractivity contribution in [3.63, 3.8) is 0 Å². The van der Waals surface area contributed by atoms with Crippen LogP contribution in [0.2, 0.25) is 0 Å². The van der Waals surface area contributed by atoms with Gasteiger partial charge in [0, 0.05) is 45.6 Å². The van der Waals surface area contributed by atoms with E-state index in [1.807, 2.05) is 4.90 Å². The van der Waals surface area contributed by atoms with Crippen LogP contribution in [-0.2, 0) is 14.3 Å². The minimum Gasteiger partial charge on any atom is -0.454 e. The Kier molecular flexibility index (Phi) is 6.36. The molecule has 2 heterocycles. The van der Waals surface area contributed by atoms with Crippen molar-refractivity contribution < 1.29 is 18.7 Å². The Morgan fingerprint density at radius 2 is 1.79 bits per heavy atom. The fraction of sp³-hybridized carbons (Fsp3) is 0.368. The third-order valence-corrected chi connectivity index (χ3v) is 4.44. The lowest BCUT2D eigenvalue weighted by Crippen LogP contribution is -2.50. The van der Waals surface area contributed by atoms with E-state index in [9.17, 15) is 14.0 Å². The summed E-state index contributed by atoms with van der Waals surface area (Å²) in [5.41, 5.74) is 0.534. The number of rotatable bonds is 6. The third-order valence-electron chi connectivity index (χ3n) is 4.44. The average molecular weight is 387 g/mol. The summed E-state index contributed by atoms with van der Waals surface area (Å²) in [4.78, 5) is 37.4. The zero-order valence-corrected chi connectivity index (χ0v) is 15.6. The summed E-state index contributed by atoms with van der Waals surface area (Å²) < 4.78 is 19.0. The van der Waals surface area contributed by atoms with Gasteiger partial charge in [0.15, 0.2) is 6.61 Å². The van der Waals surface area contributed by atoms with Crippen molar-refractivity contribution in [2.75, 3.05) is 56.2 Å². The van der Waals surface area contributed by atoms with Crippen molar-refractivity contribution in [1.82, 2.24) is 14.9 Å². The molecule has 0 aliphatic carbocycles. The van der Waals surface area contributed by atoms with Crippen LogP contribution in [0.1, 0.15) is 0 Å². The molecule has 9 heteroatoms. The lowest BCUT2D eigenvalue weighted by Gasteiger charge is -2.36. The minimum atomic E-state index is -0.534. The second-order valence-electron chi connectivity index (χ2n) is 6.38. The van der Waals surface area contributed by atoms with Gasteiger partial charge < -0.3 is 19.4 Å². The highest BCUT2D eigenvalue weighted by Crippen LogP contribution is 2.20. The number of para-hydroxylation sites is 1. The second-order valence-corrected chi connectivity index (χ2v) is 6.38. The molecule has 8 nitrogen and oxygen atoms in total. The molecule has 3 rings (SSSR count). The first kappa shape index (κ1) is 19.5. The number of carbonyl (C=O) groups excluding carboxylic acids is 2. The number of ether oxygens (including phenoxy) is 1. The number of nitrogens with zero attached hydrogens (tertiary/aromatic N) is 5. The fourth-order valence-corrected chi connectivity index (χ4v) is 2.94. The number of aromatic nitrogens is 2. The monoisotopic (exact) mass is 387 g/mol. The summed E-state index contributed by atoms with van der Waals surface area (Å²) in [6.45, 7) is 1.56. The van der Waals surface area contributed by atoms with E-state index in [-0.39, 0.29) is 24.9 Å². The highest BCUT2D eigenvalue weighted by atomic mass is 19.1. The maximum atomic E-state index is 13.9. The van der Waals surface area contributed by atoms with Crippen LogP contribution in [-0.4, -0.2) is 73.1 Å². The number of piperazine rings is 1. The molecule has 28 heavy (non-hydrogen) atoms. The molecule has 1 amide bonds. The van der Waals surface area contributed by atoms with Gasteiger partial charge in [-0.15, -0.1) is 0 Å². The van der Waals surface area contributed by atoms with E-state index in [1.54, 1.807) is 53.5 Å². The summed E-state index contributed by atoms with van der Waals surface area (Å²) in [6.07, 6.45) is 3.16. The molecular formula is C19H22FN5O3. The largest absolute Gasteiger partial charge is 0.454 e. The maximum Gasteiger partial charge on any atom is 0.326 e. The molecule has 1 aromatic carbocycles. The highest BCUT2D eigenvalue weighted by Gasteiger charge is 2.23. The van der Waals surface area contributed by atoms with E-state index in [4.69, 9.17) is 4.74 Å². The van der Waals surface area contributed by atoms with Crippen LogP contribution in [0.3, 0.4) is 0 Å². The summed E-state index contributed by atoms with van der Waals surface area (Å²) in [6, 6.07) is 8.26. The molecule has 0 saturated carbocycles. The van der Waals surface area contributed by atoms with Crippen LogP contribution < -0.4 is 9.80 Å². The number of amides is 1. The van der Waals surface area contributed by atoms with Crippen molar-refractivity contribution in [2.24, 2.45) is 0 Å². The molecular weight excluding hydrogens is 365 g/mol. The van der Waals surface area contributed by atoms with Crippen molar-refractivity contribution >= 4 is 23.5 Å². The number of halogens is 1. The molecule has 2 aromatic rings. The molecule has 1 fully saturated rings. The van der Waals surface area contributed by atoms with Crippen LogP contribution in [0, 0.1) is 5.82 Å². The van der Waals surface area contributed by atoms with Crippen LogP contribution in [0.5, 0.6) is 0 Å². The second kappa shape index (κ2) is 9.12. The van der Waals surface area contributed by atoms with Crippen LogP contribution in [0.4, 0.5) is 16.0 Å². The summed E-state index contributed by atoms with van der Waals surface area (Å²) >= 11 is 0. The number of likely N-dealkylation sites (N-methyl/N-ethyl adjacent to an activating group) is 1. The number of carbonyl (C=O) groups is 2. The standard InChI is InChI=1S/C19H22FN5O3/c1-23(19-21-7-4-8-22-19)13-18(27)28-14-17(26)25-11-9-24(10-12-25)16-6-3-2-5-15(16)20/h2-8H,9-14H2,1H3. The Balaban J connectivity index is 1.42. The van der Waals surface area contributed by atoms with Gasteiger partial charge in [-0.2, -0.15) is 0 Å². The van der Waals surface area contributed by atoms with E-state index in [1.165, 1.54) is 6.07 Å². The molecule has 0 bridgehead atoms. The van der Waals surface area contributed by atoms with Gasteiger partial charge in [-0.05, 0) is 18.2 Å². The molecule has 1 saturated heterocycles. The predicted octanol–water partition coefficient (Wildman–Crippen LogP) is 0.944. The zero-order valence-electron chi connectivity index (χ0n) is 15.6. The Morgan fingerprint density at radius 1 is 1.11 bits per heavy atom. The van der Waals surface area contributed by atoms with Gasteiger partial charge in [0.2, 0.25) is 5.95 Å². The molecule has 1 aliphatic heterocycles. The van der Waals surface area contributed by atoms with Crippen LogP contribution >= 0.6 is 0 Å². The summed E-state index contributed by atoms with van der Waals surface area (Å²) in [5.74, 6) is -0.675. The van der Waals surface area contributed by atoms with Gasteiger partial charge in [-0.1, -0.05) is 12.1 Å². The Labute approximate surface area is 162 Å². The number of benzene rings is 1. The number of hydrogen-bond acceptors (Lipinski definition) is 7. The first-order valence-corrected chi connectivity index (χ1v) is 8.95. The Morgan fingerprint density at radius 3 is 2.46 bits per heavy atom. The predicted molar refractivity (Wildman–Crippen MR) is 101 cm³/mol. The number of esters is 1. The lowest BCUT2D eigenvalue weighted by molar-refractivity contribution is -0.151. The van der Waals surface area contributed by atoms with Gasteiger partial charge in [0.05, 0.1) is 5.69 Å². The van der Waals surface area contributed by atoms with E-state index in [0.29, 0.717) is 37.8 Å². The molecule has 1 aliphatic rings. The topological polar surface area (TPSA) is 78.9 Å². The lowest BCUT2D eigenvalue weighted by atomic mass is 10.2. The summed E-state index contributed by atoms with van der Waals surface area (Å²) in [5, 5.41) is 0. The Bertz CT molecular complexity index is 812. The quantitative estimate of drug-likeness (QED) is 0.683. The van der Waals surface area contributed by atoms with Gasteiger partial charge >= 0.3 is 5.97 Å². The molecule has 1 aromatic heterocycles. The van der Waals surface area contributed by atoms with Gasteiger partial charge in [0.1, 0.15) is 12.4 Å². The normalized spacial score (nSPS) is 13.9. The van der Waals surface area contributed by atoms with E-state index in [0.717, 1.165) is 0 Å². The van der Waals surface area contributed by atoms with Crippen molar-refractivity contribution in [3.05, 3.63) is 48.5 Å². The SMILES string of the molecule is CN(CC(=O)OCC(=O)N1CCN(c2ccccc2F)CC1)c1ncccn1. The molecule has 148 valence electrons. The molecule has 0 spiro atoms. The van der Waals surface area contributed by atoms with E-state index >= 15 is 0 Å². The average Bonchev–Trinajstić information content (AvgIpc) is 2.73. The first-order valence-electron chi connectivity index (χ1n) is 8.95. The molecule has 0 atom stereocenters. The maximum absolute atomic E-state index is 13.9. The zero-order chi connectivity index (χ0) is 19.9. The van der Waals surface area contributed by atoms with Crippen molar-refractivity contribution in [1.29, 1.82) is 0 Å². The molecule has 0 unspecified atom stereocenters. The van der Waals surface area contributed by atoms with Gasteiger partial charge in [0.25, 0.3) is 5.91 Å². The first-order chi connectivity index (χ1) is 13.5. The van der Waals surface area contributed by atoms with Crippen molar-refractivity contribution in [3.8, 4) is 0 Å².